The molecule has 1 aromatic heterocycles. The predicted molar refractivity (Wildman–Crippen MR) is 168 cm³/mol. The topological polar surface area (TPSA) is 112 Å². The maximum Gasteiger partial charge on any atom is 0.405 e. The van der Waals surface area contributed by atoms with Crippen molar-refractivity contribution in [3.63, 3.8) is 0 Å². The summed E-state index contributed by atoms with van der Waals surface area (Å²) in [5, 5.41) is 14.8. The van der Waals surface area contributed by atoms with Gasteiger partial charge in [0.25, 0.3) is 0 Å². The van der Waals surface area contributed by atoms with E-state index >= 15 is 0 Å². The molecule has 0 saturated heterocycles. The number of carbonyl (C=O) groups is 3. The van der Waals surface area contributed by atoms with Gasteiger partial charge in [0.15, 0.2) is 0 Å². The van der Waals surface area contributed by atoms with E-state index in [-0.39, 0.29) is 17.9 Å². The number of anilines is 1. The molecule has 2 fully saturated rings. The van der Waals surface area contributed by atoms with E-state index in [9.17, 15) is 19.5 Å². The Kier molecular flexibility index (Phi) is 9.14. The molecule has 5 rings (SSSR count). The molecule has 3 aromatic rings. The van der Waals surface area contributed by atoms with Crippen LogP contribution in [-0.4, -0.2) is 46.0 Å². The van der Waals surface area contributed by atoms with Gasteiger partial charge in [0, 0.05) is 36.6 Å². The lowest BCUT2D eigenvalue weighted by atomic mass is 9.81. The smallest absolute Gasteiger partial charge is 0.405 e. The minimum Gasteiger partial charge on any atom is -0.465 e. The van der Waals surface area contributed by atoms with Crippen molar-refractivity contribution in [1.82, 2.24) is 15.2 Å². The molecule has 2 aliphatic rings. The number of hydrogen-bond donors (Lipinski definition) is 3. The van der Waals surface area contributed by atoms with Crippen LogP contribution in [0.5, 0.6) is 0 Å². The lowest BCUT2D eigenvalue weighted by Gasteiger charge is -2.38. The highest BCUT2D eigenvalue weighted by Gasteiger charge is 2.33. The third-order valence-electron chi connectivity index (χ3n) is 9.20. The fourth-order valence-electron chi connectivity index (χ4n) is 6.32. The van der Waals surface area contributed by atoms with Crippen molar-refractivity contribution < 1.29 is 19.5 Å². The summed E-state index contributed by atoms with van der Waals surface area (Å²) in [5.41, 5.74) is 4.30. The lowest BCUT2D eigenvalue weighted by Crippen LogP contribution is -2.44. The zero-order valence-corrected chi connectivity index (χ0v) is 25.3. The molecule has 8 nitrogen and oxygen atoms in total. The monoisotopic (exact) mass is 582 g/mol. The van der Waals surface area contributed by atoms with Crippen molar-refractivity contribution in [2.45, 2.75) is 76.8 Å². The van der Waals surface area contributed by atoms with E-state index in [1.54, 1.807) is 6.20 Å². The maximum absolute atomic E-state index is 13.1. The summed E-state index contributed by atoms with van der Waals surface area (Å²) in [6.45, 7) is 3.64. The first-order chi connectivity index (χ1) is 20.6. The quantitative estimate of drug-likeness (QED) is 0.250. The van der Waals surface area contributed by atoms with E-state index in [0.717, 1.165) is 72.9 Å². The summed E-state index contributed by atoms with van der Waals surface area (Å²) >= 11 is 0. The van der Waals surface area contributed by atoms with Crippen molar-refractivity contribution in [3.05, 3.63) is 72.4 Å². The first kappa shape index (κ1) is 30.3. The van der Waals surface area contributed by atoms with Crippen LogP contribution in [0.3, 0.4) is 0 Å². The van der Waals surface area contributed by atoms with E-state index < -0.39 is 11.6 Å². The second-order valence-corrected chi connectivity index (χ2v) is 12.6. The van der Waals surface area contributed by atoms with Gasteiger partial charge >= 0.3 is 6.09 Å². The van der Waals surface area contributed by atoms with Crippen LogP contribution in [0.15, 0.2) is 66.9 Å². The van der Waals surface area contributed by atoms with Crippen LogP contribution in [0, 0.1) is 11.8 Å². The van der Waals surface area contributed by atoms with Gasteiger partial charge in [0.2, 0.25) is 11.8 Å². The molecule has 0 spiro atoms. The molecule has 3 amide bonds. The van der Waals surface area contributed by atoms with Gasteiger partial charge in [0.05, 0.1) is 23.1 Å². The summed E-state index contributed by atoms with van der Waals surface area (Å²) in [4.78, 5) is 43.7. The number of nitrogens with one attached hydrogen (secondary N) is 2. The number of hydrogen-bond acceptors (Lipinski definition) is 4. The van der Waals surface area contributed by atoms with Crippen molar-refractivity contribution in [2.24, 2.45) is 11.8 Å². The Morgan fingerprint density at radius 3 is 2.21 bits per heavy atom. The van der Waals surface area contributed by atoms with E-state index in [4.69, 9.17) is 4.98 Å². The number of aromatic nitrogens is 1. The summed E-state index contributed by atoms with van der Waals surface area (Å²) in [5.74, 6) is 0.811. The molecular weight excluding hydrogens is 540 g/mol. The van der Waals surface area contributed by atoms with Crippen LogP contribution >= 0.6 is 0 Å². The average molecular weight is 583 g/mol. The van der Waals surface area contributed by atoms with E-state index in [2.05, 4.69) is 10.6 Å². The first-order valence-corrected chi connectivity index (χ1v) is 15.3. The van der Waals surface area contributed by atoms with Crippen LogP contribution in [0.25, 0.3) is 22.4 Å². The maximum atomic E-state index is 13.1. The number of amides is 3. The van der Waals surface area contributed by atoms with Gasteiger partial charge in [-0.25, -0.2) is 4.79 Å². The molecular formula is C35H42N4O4. The van der Waals surface area contributed by atoms with Gasteiger partial charge in [-0.05, 0) is 75.5 Å². The van der Waals surface area contributed by atoms with Crippen molar-refractivity contribution in [2.75, 3.05) is 12.4 Å². The Morgan fingerprint density at radius 2 is 1.60 bits per heavy atom. The minimum absolute atomic E-state index is 0.0200. The van der Waals surface area contributed by atoms with Gasteiger partial charge in [-0.15, -0.1) is 0 Å². The highest BCUT2D eigenvalue weighted by atomic mass is 16.4. The molecule has 43 heavy (non-hydrogen) atoms. The van der Waals surface area contributed by atoms with Crippen molar-refractivity contribution in [1.29, 1.82) is 0 Å². The number of carboxylic acid groups (broad SMARTS) is 1. The second-order valence-electron chi connectivity index (χ2n) is 12.6. The molecule has 1 heterocycles. The molecule has 0 atom stereocenters. The van der Waals surface area contributed by atoms with Crippen LogP contribution in [0.4, 0.5) is 10.5 Å². The van der Waals surface area contributed by atoms with Crippen LogP contribution in [0.2, 0.25) is 0 Å². The van der Waals surface area contributed by atoms with Gasteiger partial charge in [-0.2, -0.15) is 0 Å². The third kappa shape index (κ3) is 7.24. The van der Waals surface area contributed by atoms with Gasteiger partial charge in [0.1, 0.15) is 0 Å². The summed E-state index contributed by atoms with van der Waals surface area (Å²) in [6.07, 6.45) is 8.08. The van der Waals surface area contributed by atoms with Crippen molar-refractivity contribution >= 4 is 23.6 Å². The van der Waals surface area contributed by atoms with E-state index in [0.29, 0.717) is 23.9 Å². The Labute approximate surface area is 253 Å². The molecule has 0 aliphatic heterocycles. The van der Waals surface area contributed by atoms with E-state index in [1.165, 1.54) is 0 Å². The first-order valence-electron chi connectivity index (χ1n) is 15.3. The molecule has 0 radical (unpaired) electrons. The molecule has 0 unspecified atom stereocenters. The summed E-state index contributed by atoms with van der Waals surface area (Å²) < 4.78 is 0. The summed E-state index contributed by atoms with van der Waals surface area (Å²) in [6, 6.07) is 19.9. The van der Waals surface area contributed by atoms with Gasteiger partial charge in [-0.3, -0.25) is 14.6 Å². The molecule has 3 N–H and O–H groups in total. The van der Waals surface area contributed by atoms with Crippen LogP contribution in [-0.2, 0) is 15.1 Å². The Bertz CT molecular complexity index is 1440. The standard InChI is InChI=1S/C35H42N4O4/c1-35(2,38-34(42)43)27-16-14-25(15-17-27)32-30(24-8-5-4-6-9-24)21-28(22-36-32)37-31(40)20-23-12-18-29(19-13-23)39(3)33(41)26-10-7-11-26/h4-6,8-9,14-17,21-23,26,29,38H,7,10-13,18-20H2,1-3H3,(H,37,40)(H,42,43). The highest BCUT2D eigenvalue weighted by molar-refractivity contribution is 5.93. The largest absolute Gasteiger partial charge is 0.465 e. The summed E-state index contributed by atoms with van der Waals surface area (Å²) in [7, 11) is 1.95. The Balaban J connectivity index is 1.26. The fourth-order valence-corrected chi connectivity index (χ4v) is 6.32. The lowest BCUT2D eigenvalue weighted by molar-refractivity contribution is -0.139. The highest BCUT2D eigenvalue weighted by Crippen LogP contribution is 2.35. The van der Waals surface area contributed by atoms with Gasteiger partial charge < -0.3 is 20.6 Å². The fraction of sp³-hybridized carbons (Fsp3) is 0.429. The molecule has 2 saturated carbocycles. The van der Waals surface area contributed by atoms with Crippen LogP contribution < -0.4 is 10.6 Å². The van der Waals surface area contributed by atoms with E-state index in [1.807, 2.05) is 86.5 Å². The zero-order valence-electron chi connectivity index (χ0n) is 25.3. The van der Waals surface area contributed by atoms with Gasteiger partial charge in [-0.1, -0.05) is 61.0 Å². The van der Waals surface area contributed by atoms with Crippen LogP contribution in [0.1, 0.15) is 70.8 Å². The number of benzene rings is 2. The minimum atomic E-state index is -1.07. The van der Waals surface area contributed by atoms with Crippen molar-refractivity contribution in [3.8, 4) is 22.4 Å². The molecule has 2 aliphatic carbocycles. The normalized spacial score (nSPS) is 18.8. The SMILES string of the molecule is CN(C(=O)C1CCC1)C1CCC(CC(=O)Nc2cnc(-c3ccc(C(C)(C)NC(=O)O)cc3)c(-c3ccccc3)c2)CC1. The molecule has 8 heteroatoms. The predicted octanol–water partition coefficient (Wildman–Crippen LogP) is 7.06. The Morgan fingerprint density at radius 1 is 0.930 bits per heavy atom. The average Bonchev–Trinajstić information content (AvgIpc) is 2.96. The number of rotatable bonds is 9. The molecule has 0 bridgehead atoms. The Hall–Kier alpha value is -4.20. The molecule has 2 aromatic carbocycles. The number of nitrogens with zero attached hydrogens (tertiary/aromatic N) is 2. The number of pyridine rings is 1. The number of carbonyl (C=O) groups excluding carboxylic acids is 2. The third-order valence-corrected chi connectivity index (χ3v) is 9.20. The second kappa shape index (κ2) is 13.0. The molecule has 226 valence electrons. The zero-order chi connectivity index (χ0) is 30.6.